The lowest BCUT2D eigenvalue weighted by molar-refractivity contribution is -0.140. The van der Waals surface area contributed by atoms with Crippen molar-refractivity contribution in [3.63, 3.8) is 0 Å². The number of hydrogen-bond donors (Lipinski definition) is 1. The largest absolute Gasteiger partial charge is 0.457 e. The molecule has 0 unspecified atom stereocenters. The molecule has 0 heterocycles. The van der Waals surface area contributed by atoms with Gasteiger partial charge in [0.25, 0.3) is 10.0 Å². The molecule has 1 aliphatic carbocycles. The number of ether oxygens (including phenoxy) is 1. The highest BCUT2D eigenvalue weighted by atomic mass is 35.5. The highest BCUT2D eigenvalue weighted by Crippen LogP contribution is 2.29. The van der Waals surface area contributed by atoms with E-state index >= 15 is 0 Å². The third-order valence-electron chi connectivity index (χ3n) is 8.39. The summed E-state index contributed by atoms with van der Waals surface area (Å²) >= 11 is 12.5. The molecule has 1 fully saturated rings. The van der Waals surface area contributed by atoms with Crippen molar-refractivity contribution in [2.24, 2.45) is 0 Å². The molecule has 48 heavy (non-hydrogen) atoms. The molecule has 1 aliphatic rings. The molecule has 0 aromatic heterocycles. The zero-order valence-corrected chi connectivity index (χ0v) is 29.1. The first-order valence-electron chi connectivity index (χ1n) is 16.1. The lowest BCUT2D eigenvalue weighted by atomic mass is 9.95. The summed E-state index contributed by atoms with van der Waals surface area (Å²) in [4.78, 5) is 29.7. The van der Waals surface area contributed by atoms with Gasteiger partial charge in [-0.25, -0.2) is 8.42 Å². The lowest BCUT2D eigenvalue weighted by Gasteiger charge is -2.34. The summed E-state index contributed by atoms with van der Waals surface area (Å²) in [7, 11) is -4.21. The first kappa shape index (κ1) is 35.3. The zero-order valence-electron chi connectivity index (χ0n) is 26.7. The van der Waals surface area contributed by atoms with Gasteiger partial charge in [0, 0.05) is 12.6 Å². The average Bonchev–Trinajstić information content (AvgIpc) is 3.10. The number of nitrogens with one attached hydrogen (secondary N) is 1. The molecule has 0 bridgehead atoms. The minimum Gasteiger partial charge on any atom is -0.457 e. The Bertz CT molecular complexity index is 1790. The second kappa shape index (κ2) is 16.4. The predicted octanol–water partition coefficient (Wildman–Crippen LogP) is 8.24. The van der Waals surface area contributed by atoms with Gasteiger partial charge in [-0.1, -0.05) is 91.9 Å². The number of nitrogens with zero attached hydrogens (tertiary/aromatic N) is 2. The topological polar surface area (TPSA) is 96.0 Å². The van der Waals surface area contributed by atoms with E-state index < -0.39 is 28.5 Å². The monoisotopic (exact) mass is 707 g/mol. The van der Waals surface area contributed by atoms with Crippen LogP contribution in [0, 0.1) is 0 Å². The molecule has 5 rings (SSSR count). The van der Waals surface area contributed by atoms with Gasteiger partial charge in [0.2, 0.25) is 11.8 Å². The van der Waals surface area contributed by atoms with Crippen LogP contribution in [-0.4, -0.2) is 43.8 Å². The standard InChI is InChI=1S/C37H39Cl2N3O5S/c1-2-35(37(44)40-28-12-6-3-7-13-28)41(25-27-18-23-33(38)34(39)24-27)36(43)26-42(48(45,46)32-16-10-5-11-17-32)29-19-21-31(22-20-29)47-30-14-8-4-9-15-30/h4-5,8-11,14-24,28,35H,2-3,6-7,12-13,25-26H2,1H3,(H,40,44)/t35-/m1/s1. The minimum absolute atomic E-state index is 0.0232. The van der Waals surface area contributed by atoms with Crippen LogP contribution >= 0.6 is 23.2 Å². The first-order valence-corrected chi connectivity index (χ1v) is 18.3. The fourth-order valence-corrected chi connectivity index (χ4v) is 7.61. The van der Waals surface area contributed by atoms with Crippen molar-refractivity contribution in [2.45, 2.75) is 69.0 Å². The van der Waals surface area contributed by atoms with Crippen LogP contribution in [0.2, 0.25) is 10.0 Å². The molecule has 1 N–H and O–H groups in total. The molecule has 0 radical (unpaired) electrons. The van der Waals surface area contributed by atoms with Gasteiger partial charge in [-0.15, -0.1) is 0 Å². The molecule has 4 aromatic carbocycles. The smallest absolute Gasteiger partial charge is 0.264 e. The van der Waals surface area contributed by atoms with E-state index in [0.29, 0.717) is 33.5 Å². The van der Waals surface area contributed by atoms with E-state index in [1.807, 2.05) is 37.3 Å². The Morgan fingerprint density at radius 2 is 1.46 bits per heavy atom. The number of hydrogen-bond acceptors (Lipinski definition) is 5. The Balaban J connectivity index is 1.48. The van der Waals surface area contributed by atoms with Crippen LogP contribution in [0.3, 0.4) is 0 Å². The lowest BCUT2D eigenvalue weighted by Crippen LogP contribution is -2.54. The third-order valence-corrected chi connectivity index (χ3v) is 10.9. The van der Waals surface area contributed by atoms with Gasteiger partial charge in [-0.2, -0.15) is 0 Å². The normalized spacial score (nSPS) is 14.1. The number of carbonyl (C=O) groups is 2. The van der Waals surface area contributed by atoms with Crippen LogP contribution in [0.25, 0.3) is 0 Å². The zero-order chi connectivity index (χ0) is 34.1. The number of halogens is 2. The molecule has 11 heteroatoms. The molecule has 1 saturated carbocycles. The summed E-state index contributed by atoms with van der Waals surface area (Å²) in [5, 5.41) is 3.83. The predicted molar refractivity (Wildman–Crippen MR) is 190 cm³/mol. The number of para-hydroxylation sites is 1. The van der Waals surface area contributed by atoms with Crippen molar-refractivity contribution in [3.8, 4) is 11.5 Å². The Kier molecular flexibility index (Phi) is 12.0. The van der Waals surface area contributed by atoms with E-state index in [2.05, 4.69) is 5.32 Å². The molecular formula is C37H39Cl2N3O5S. The summed E-state index contributed by atoms with van der Waals surface area (Å²) in [6.45, 7) is 1.31. The van der Waals surface area contributed by atoms with Gasteiger partial charge < -0.3 is 15.0 Å². The summed E-state index contributed by atoms with van der Waals surface area (Å²) in [5.41, 5.74) is 0.920. The highest BCUT2D eigenvalue weighted by Gasteiger charge is 2.34. The molecule has 0 spiro atoms. The van der Waals surface area contributed by atoms with E-state index in [1.165, 1.54) is 17.0 Å². The van der Waals surface area contributed by atoms with Crippen molar-refractivity contribution in [1.29, 1.82) is 0 Å². The highest BCUT2D eigenvalue weighted by molar-refractivity contribution is 7.92. The van der Waals surface area contributed by atoms with E-state index in [1.54, 1.807) is 60.7 Å². The SMILES string of the molecule is CC[C@H](C(=O)NC1CCCCC1)N(Cc1ccc(Cl)c(Cl)c1)C(=O)CN(c1ccc(Oc2ccccc2)cc1)S(=O)(=O)c1ccccc1. The van der Waals surface area contributed by atoms with Gasteiger partial charge in [-0.05, 0) is 85.5 Å². The second-order valence-electron chi connectivity index (χ2n) is 11.8. The number of anilines is 1. The van der Waals surface area contributed by atoms with E-state index in [-0.39, 0.29) is 29.1 Å². The maximum absolute atomic E-state index is 14.4. The van der Waals surface area contributed by atoms with Crippen molar-refractivity contribution >= 4 is 50.7 Å². The number of rotatable bonds is 13. The Hall–Kier alpha value is -4.05. The summed E-state index contributed by atoms with van der Waals surface area (Å²) in [6, 6.07) is 27.9. The van der Waals surface area contributed by atoms with Gasteiger partial charge in [0.1, 0.15) is 24.1 Å². The van der Waals surface area contributed by atoms with Gasteiger partial charge in [-0.3, -0.25) is 13.9 Å². The summed E-state index contributed by atoms with van der Waals surface area (Å²) in [6.07, 6.45) is 5.30. The summed E-state index contributed by atoms with van der Waals surface area (Å²) in [5.74, 6) is 0.317. The third kappa shape index (κ3) is 8.89. The Morgan fingerprint density at radius 1 is 0.833 bits per heavy atom. The molecule has 1 atom stereocenters. The van der Waals surface area contributed by atoms with Crippen LogP contribution < -0.4 is 14.4 Å². The van der Waals surface area contributed by atoms with Crippen LogP contribution in [-0.2, 0) is 26.2 Å². The fourth-order valence-electron chi connectivity index (χ4n) is 5.85. The molecule has 252 valence electrons. The maximum atomic E-state index is 14.4. The van der Waals surface area contributed by atoms with E-state index in [9.17, 15) is 18.0 Å². The van der Waals surface area contributed by atoms with Crippen molar-refractivity contribution in [1.82, 2.24) is 10.2 Å². The molecule has 8 nitrogen and oxygen atoms in total. The van der Waals surface area contributed by atoms with Gasteiger partial charge in [0.05, 0.1) is 20.6 Å². The molecular weight excluding hydrogens is 669 g/mol. The quantitative estimate of drug-likeness (QED) is 0.151. The first-order chi connectivity index (χ1) is 23.2. The van der Waals surface area contributed by atoms with Crippen LogP contribution in [0.1, 0.15) is 51.0 Å². The summed E-state index contributed by atoms with van der Waals surface area (Å²) < 4.78 is 35.3. The van der Waals surface area contributed by atoms with E-state index in [4.69, 9.17) is 27.9 Å². The van der Waals surface area contributed by atoms with Gasteiger partial charge >= 0.3 is 0 Å². The van der Waals surface area contributed by atoms with Gasteiger partial charge in [0.15, 0.2) is 0 Å². The molecule has 4 aromatic rings. The van der Waals surface area contributed by atoms with E-state index in [0.717, 1.165) is 36.4 Å². The minimum atomic E-state index is -4.21. The second-order valence-corrected chi connectivity index (χ2v) is 14.4. The molecule has 0 aliphatic heterocycles. The van der Waals surface area contributed by atoms with Crippen LogP contribution in [0.15, 0.2) is 108 Å². The number of sulfonamides is 1. The van der Waals surface area contributed by atoms with Crippen molar-refractivity contribution in [2.75, 3.05) is 10.8 Å². The van der Waals surface area contributed by atoms with Crippen molar-refractivity contribution < 1.29 is 22.7 Å². The molecule has 2 amide bonds. The van der Waals surface area contributed by atoms with Crippen LogP contribution in [0.4, 0.5) is 5.69 Å². The number of benzene rings is 4. The van der Waals surface area contributed by atoms with Crippen LogP contribution in [0.5, 0.6) is 11.5 Å². The Labute approximate surface area is 292 Å². The number of carbonyl (C=O) groups excluding carboxylic acids is 2. The Morgan fingerprint density at radius 3 is 2.08 bits per heavy atom. The molecule has 0 saturated heterocycles. The maximum Gasteiger partial charge on any atom is 0.264 e. The number of amides is 2. The fraction of sp³-hybridized carbons (Fsp3) is 0.297. The van der Waals surface area contributed by atoms with Crippen molar-refractivity contribution in [3.05, 3.63) is 119 Å². The average molecular weight is 709 g/mol.